The molecule has 3 nitrogen and oxygen atoms in total. The number of nitrogens with zero attached hydrogens (tertiary/aromatic N) is 2. The minimum Gasteiger partial charge on any atom is -0.326 e. The number of rotatable bonds is 2. The van der Waals surface area contributed by atoms with E-state index in [0.717, 1.165) is 12.1 Å². The van der Waals surface area contributed by atoms with E-state index in [1.54, 1.807) is 7.05 Å². The van der Waals surface area contributed by atoms with Gasteiger partial charge in [-0.15, -0.1) is 0 Å². The number of benzene rings is 1. The maximum Gasteiger partial charge on any atom is 0.416 e. The molecule has 104 valence electrons. The Morgan fingerprint density at radius 1 is 1.26 bits per heavy atom. The second-order valence-corrected chi connectivity index (χ2v) is 4.42. The van der Waals surface area contributed by atoms with Crippen molar-refractivity contribution in [1.82, 2.24) is 9.80 Å². The zero-order valence-corrected chi connectivity index (χ0v) is 10.2. The molecule has 2 rings (SSSR count). The smallest absolute Gasteiger partial charge is 0.326 e. The van der Waals surface area contributed by atoms with Gasteiger partial charge < -0.3 is 9.80 Å². The number of alkyl halides is 3. The zero-order chi connectivity index (χ0) is 14.2. The van der Waals surface area contributed by atoms with Crippen molar-refractivity contribution in [2.75, 3.05) is 20.1 Å². The molecule has 0 aromatic heterocycles. The van der Waals surface area contributed by atoms with Gasteiger partial charge in [0, 0.05) is 26.7 Å². The van der Waals surface area contributed by atoms with Crippen molar-refractivity contribution in [2.24, 2.45) is 0 Å². The van der Waals surface area contributed by atoms with Crippen LogP contribution >= 0.6 is 0 Å². The molecule has 1 aliphatic heterocycles. The molecule has 1 heterocycles. The van der Waals surface area contributed by atoms with Crippen molar-refractivity contribution in [3.05, 3.63) is 35.1 Å². The summed E-state index contributed by atoms with van der Waals surface area (Å²) in [5.74, 6) is -0.747. The molecular weight excluding hydrogens is 264 g/mol. The molecule has 7 heteroatoms. The van der Waals surface area contributed by atoms with E-state index in [1.165, 1.54) is 9.80 Å². The minimum atomic E-state index is -4.56. The third-order valence-electron chi connectivity index (χ3n) is 3.04. The van der Waals surface area contributed by atoms with E-state index in [4.69, 9.17) is 0 Å². The van der Waals surface area contributed by atoms with Crippen molar-refractivity contribution in [3.63, 3.8) is 0 Å². The first-order valence-corrected chi connectivity index (χ1v) is 5.64. The van der Waals surface area contributed by atoms with Gasteiger partial charge in [0.15, 0.2) is 0 Å². The van der Waals surface area contributed by atoms with E-state index in [2.05, 4.69) is 0 Å². The fourth-order valence-corrected chi connectivity index (χ4v) is 2.03. The van der Waals surface area contributed by atoms with Gasteiger partial charge in [0.1, 0.15) is 5.82 Å². The van der Waals surface area contributed by atoms with Crippen LogP contribution in [0.3, 0.4) is 0 Å². The number of carbonyl (C=O) groups is 1. The summed E-state index contributed by atoms with van der Waals surface area (Å²) in [5, 5.41) is 0. The molecule has 19 heavy (non-hydrogen) atoms. The summed E-state index contributed by atoms with van der Waals surface area (Å²) in [7, 11) is 1.57. The average Bonchev–Trinajstić information content (AvgIpc) is 2.59. The van der Waals surface area contributed by atoms with Gasteiger partial charge in [0.05, 0.1) is 5.56 Å². The van der Waals surface area contributed by atoms with Gasteiger partial charge in [-0.2, -0.15) is 13.2 Å². The summed E-state index contributed by atoms with van der Waals surface area (Å²) in [4.78, 5) is 14.3. The lowest BCUT2D eigenvalue weighted by molar-refractivity contribution is -0.138. The largest absolute Gasteiger partial charge is 0.416 e. The Hall–Kier alpha value is -1.79. The molecule has 1 fully saturated rings. The standard InChI is InChI=1S/C12H12F4N2O/c1-17-4-5-18(11(17)19)7-8-6-9(13)2-3-10(8)12(14,15)16/h2-3,6H,4-5,7H2,1H3. The summed E-state index contributed by atoms with van der Waals surface area (Å²) >= 11 is 0. The molecule has 0 unspecified atom stereocenters. The molecule has 0 bridgehead atoms. The van der Waals surface area contributed by atoms with E-state index in [1.807, 2.05) is 0 Å². The molecule has 0 N–H and O–H groups in total. The maximum atomic E-state index is 13.1. The second-order valence-electron chi connectivity index (χ2n) is 4.42. The van der Waals surface area contributed by atoms with E-state index in [0.29, 0.717) is 19.2 Å². The van der Waals surface area contributed by atoms with E-state index in [-0.39, 0.29) is 18.1 Å². The number of amides is 2. The van der Waals surface area contributed by atoms with Crippen molar-refractivity contribution >= 4 is 6.03 Å². The molecule has 1 saturated heterocycles. The average molecular weight is 276 g/mol. The van der Waals surface area contributed by atoms with Gasteiger partial charge in [-0.3, -0.25) is 0 Å². The van der Waals surface area contributed by atoms with Gasteiger partial charge in [-0.05, 0) is 23.8 Å². The first-order valence-electron chi connectivity index (χ1n) is 5.64. The fourth-order valence-electron chi connectivity index (χ4n) is 2.03. The highest BCUT2D eigenvalue weighted by Crippen LogP contribution is 2.33. The molecule has 0 atom stereocenters. The predicted octanol–water partition coefficient (Wildman–Crippen LogP) is 2.71. The molecule has 1 aromatic rings. The van der Waals surface area contributed by atoms with Crippen molar-refractivity contribution < 1.29 is 22.4 Å². The SMILES string of the molecule is CN1CCN(Cc2cc(F)ccc2C(F)(F)F)C1=O. The summed E-state index contributed by atoms with van der Waals surface area (Å²) in [5.41, 5.74) is -1.13. The normalized spacial score (nSPS) is 16.4. The predicted molar refractivity (Wildman–Crippen MR) is 59.8 cm³/mol. The van der Waals surface area contributed by atoms with Crippen molar-refractivity contribution in [2.45, 2.75) is 12.7 Å². The summed E-state index contributed by atoms with van der Waals surface area (Å²) in [6.07, 6.45) is -4.56. The van der Waals surface area contributed by atoms with Crippen LogP contribution in [-0.2, 0) is 12.7 Å². The summed E-state index contributed by atoms with van der Waals surface area (Å²) in [6.45, 7) is 0.550. The monoisotopic (exact) mass is 276 g/mol. The molecule has 0 spiro atoms. The highest BCUT2D eigenvalue weighted by molar-refractivity contribution is 5.76. The van der Waals surface area contributed by atoms with Crippen LogP contribution in [0.25, 0.3) is 0 Å². The zero-order valence-electron chi connectivity index (χ0n) is 10.2. The number of halogens is 4. The Morgan fingerprint density at radius 3 is 2.47 bits per heavy atom. The highest BCUT2D eigenvalue weighted by Gasteiger charge is 2.35. The maximum absolute atomic E-state index is 13.1. The van der Waals surface area contributed by atoms with Gasteiger partial charge in [0.25, 0.3) is 0 Å². The number of carbonyl (C=O) groups excluding carboxylic acids is 1. The van der Waals surface area contributed by atoms with Crippen LogP contribution in [0.4, 0.5) is 22.4 Å². The Morgan fingerprint density at radius 2 is 1.95 bits per heavy atom. The number of hydrogen-bond acceptors (Lipinski definition) is 1. The number of hydrogen-bond donors (Lipinski definition) is 0. The number of urea groups is 1. The Balaban J connectivity index is 2.29. The third kappa shape index (κ3) is 2.80. The van der Waals surface area contributed by atoms with Crippen molar-refractivity contribution in [3.8, 4) is 0 Å². The van der Waals surface area contributed by atoms with Crippen molar-refractivity contribution in [1.29, 1.82) is 0 Å². The number of likely N-dealkylation sites (N-methyl/N-ethyl adjacent to an activating group) is 1. The topological polar surface area (TPSA) is 23.6 Å². The van der Waals surface area contributed by atoms with Crippen LogP contribution in [-0.4, -0.2) is 36.0 Å². The Bertz CT molecular complexity index is 501. The molecular formula is C12H12F4N2O. The molecule has 1 aliphatic rings. The second kappa shape index (κ2) is 4.71. The van der Waals surface area contributed by atoms with Gasteiger partial charge in [-0.1, -0.05) is 0 Å². The lowest BCUT2D eigenvalue weighted by Crippen LogP contribution is -2.29. The van der Waals surface area contributed by atoms with Crippen LogP contribution in [0.1, 0.15) is 11.1 Å². The molecule has 0 radical (unpaired) electrons. The highest BCUT2D eigenvalue weighted by atomic mass is 19.4. The van der Waals surface area contributed by atoms with Crippen LogP contribution in [0.5, 0.6) is 0 Å². The van der Waals surface area contributed by atoms with Gasteiger partial charge >= 0.3 is 12.2 Å². The fraction of sp³-hybridized carbons (Fsp3) is 0.417. The summed E-state index contributed by atoms with van der Waals surface area (Å²) in [6, 6.07) is 1.95. The molecule has 2 amide bonds. The summed E-state index contributed by atoms with van der Waals surface area (Å²) < 4.78 is 51.5. The van der Waals surface area contributed by atoms with Crippen LogP contribution in [0, 0.1) is 5.82 Å². The van der Waals surface area contributed by atoms with Gasteiger partial charge in [-0.25, -0.2) is 9.18 Å². The Kier molecular flexibility index (Phi) is 3.38. The molecule has 0 aliphatic carbocycles. The lowest BCUT2D eigenvalue weighted by Gasteiger charge is -2.19. The van der Waals surface area contributed by atoms with Crippen LogP contribution < -0.4 is 0 Å². The molecule has 1 aromatic carbocycles. The first kappa shape index (κ1) is 13.6. The van der Waals surface area contributed by atoms with E-state index in [9.17, 15) is 22.4 Å². The third-order valence-corrected chi connectivity index (χ3v) is 3.04. The molecule has 0 saturated carbocycles. The quantitative estimate of drug-likeness (QED) is 0.762. The first-order chi connectivity index (χ1) is 8.79. The van der Waals surface area contributed by atoms with E-state index >= 15 is 0 Å². The Labute approximate surface area is 107 Å². The van der Waals surface area contributed by atoms with E-state index < -0.39 is 17.6 Å². The lowest BCUT2D eigenvalue weighted by atomic mass is 10.1. The van der Waals surface area contributed by atoms with Gasteiger partial charge in [0.2, 0.25) is 0 Å². The minimum absolute atomic E-state index is 0.226. The van der Waals surface area contributed by atoms with Crippen LogP contribution in [0.2, 0.25) is 0 Å². The van der Waals surface area contributed by atoms with Crippen LogP contribution in [0.15, 0.2) is 18.2 Å².